The molecule has 0 unspecified atom stereocenters. The zero-order valence-corrected chi connectivity index (χ0v) is 11.6. The highest BCUT2D eigenvalue weighted by molar-refractivity contribution is 7.71. The second-order valence-corrected chi connectivity index (χ2v) is 5.85. The Kier molecular flexibility index (Phi) is 2.96. The predicted molar refractivity (Wildman–Crippen MR) is 74.4 cm³/mol. The van der Waals surface area contributed by atoms with Crippen molar-refractivity contribution >= 4 is 12.2 Å². The lowest BCUT2D eigenvalue weighted by atomic mass is 9.93. The quantitative estimate of drug-likeness (QED) is 0.750. The molecule has 0 saturated heterocycles. The number of hydrogen-bond donors (Lipinski definition) is 1. The molecule has 1 N–H and O–H groups in total. The van der Waals surface area contributed by atoms with Crippen LogP contribution in [0.15, 0.2) is 30.3 Å². The molecular weight excluding hydrogens is 228 g/mol. The molecular formula is C14H18N2S. The molecule has 0 bridgehead atoms. The van der Waals surface area contributed by atoms with Gasteiger partial charge in [0, 0.05) is 11.1 Å². The highest BCUT2D eigenvalue weighted by atomic mass is 32.1. The van der Waals surface area contributed by atoms with E-state index in [1.54, 1.807) is 0 Å². The normalized spacial score (nSPS) is 11.8. The minimum absolute atomic E-state index is 0.0868. The summed E-state index contributed by atoms with van der Waals surface area (Å²) in [5, 5.41) is 3.37. The van der Waals surface area contributed by atoms with Gasteiger partial charge in [-0.25, -0.2) is 4.68 Å². The van der Waals surface area contributed by atoms with Crippen LogP contribution in [0.4, 0.5) is 0 Å². The van der Waals surface area contributed by atoms with Crippen LogP contribution < -0.4 is 0 Å². The van der Waals surface area contributed by atoms with Crippen LogP contribution >= 0.6 is 12.2 Å². The molecule has 2 nitrogen and oxygen atoms in total. The van der Waals surface area contributed by atoms with Gasteiger partial charge in [0.15, 0.2) is 0 Å². The summed E-state index contributed by atoms with van der Waals surface area (Å²) >= 11 is 5.39. The molecule has 1 aromatic heterocycles. The van der Waals surface area contributed by atoms with Gasteiger partial charge in [-0.15, -0.1) is 0 Å². The van der Waals surface area contributed by atoms with Gasteiger partial charge in [-0.05, 0) is 25.1 Å². The molecule has 0 aliphatic carbocycles. The predicted octanol–water partition coefficient (Wildman–Crippen LogP) is 4.14. The molecule has 0 aliphatic rings. The van der Waals surface area contributed by atoms with Gasteiger partial charge in [-0.3, -0.25) is 5.10 Å². The number of nitrogens with one attached hydrogen (secondary N) is 1. The van der Waals surface area contributed by atoms with Crippen molar-refractivity contribution in [2.45, 2.75) is 33.1 Å². The van der Waals surface area contributed by atoms with E-state index in [4.69, 9.17) is 12.2 Å². The first-order chi connectivity index (χ1) is 7.88. The van der Waals surface area contributed by atoms with Crippen molar-refractivity contribution < 1.29 is 0 Å². The summed E-state index contributed by atoms with van der Waals surface area (Å²) in [6, 6.07) is 10.4. The molecule has 17 heavy (non-hydrogen) atoms. The molecule has 0 saturated carbocycles. The third-order valence-electron chi connectivity index (χ3n) is 2.82. The van der Waals surface area contributed by atoms with Crippen molar-refractivity contribution in [2.75, 3.05) is 0 Å². The van der Waals surface area contributed by atoms with E-state index < -0.39 is 0 Å². The largest absolute Gasteiger partial charge is 0.296 e. The molecule has 0 radical (unpaired) electrons. The molecule has 0 spiro atoms. The summed E-state index contributed by atoms with van der Waals surface area (Å²) in [6.45, 7) is 8.60. The van der Waals surface area contributed by atoms with Crippen molar-refractivity contribution in [2.24, 2.45) is 0 Å². The number of benzene rings is 1. The van der Waals surface area contributed by atoms with Crippen LogP contribution in [0.5, 0.6) is 0 Å². The molecule has 90 valence electrons. The highest BCUT2D eigenvalue weighted by Crippen LogP contribution is 2.22. The Bertz CT molecular complexity index is 568. The fourth-order valence-electron chi connectivity index (χ4n) is 1.67. The minimum Gasteiger partial charge on any atom is -0.296 e. The Morgan fingerprint density at radius 1 is 1.12 bits per heavy atom. The van der Waals surface area contributed by atoms with Crippen molar-refractivity contribution in [3.8, 4) is 5.69 Å². The molecule has 0 amide bonds. The van der Waals surface area contributed by atoms with E-state index in [0.717, 1.165) is 16.0 Å². The molecule has 2 rings (SSSR count). The lowest BCUT2D eigenvalue weighted by Gasteiger charge is -2.15. The molecule has 0 atom stereocenters. The summed E-state index contributed by atoms with van der Waals surface area (Å²) < 4.78 is 2.77. The van der Waals surface area contributed by atoms with Crippen LogP contribution in [0.1, 0.15) is 32.0 Å². The fourth-order valence-corrected chi connectivity index (χ4v) is 1.93. The molecule has 3 heteroatoms. The van der Waals surface area contributed by atoms with Crippen molar-refractivity contribution in [3.63, 3.8) is 0 Å². The maximum absolute atomic E-state index is 5.39. The van der Waals surface area contributed by atoms with Gasteiger partial charge in [-0.1, -0.05) is 50.7 Å². The molecule has 0 fully saturated rings. The van der Waals surface area contributed by atoms with Gasteiger partial charge in [0.1, 0.15) is 4.64 Å². The summed E-state index contributed by atoms with van der Waals surface area (Å²) in [5.74, 6) is 0. The van der Waals surface area contributed by atoms with Crippen LogP contribution in [0.3, 0.4) is 0 Å². The van der Waals surface area contributed by atoms with Gasteiger partial charge in [-0.2, -0.15) is 0 Å². The number of hydrogen-bond acceptors (Lipinski definition) is 1. The van der Waals surface area contributed by atoms with Gasteiger partial charge < -0.3 is 0 Å². The van der Waals surface area contributed by atoms with E-state index in [1.165, 1.54) is 5.56 Å². The summed E-state index contributed by atoms with van der Waals surface area (Å²) in [4.78, 5) is 0. The first kappa shape index (κ1) is 12.1. The zero-order chi connectivity index (χ0) is 12.6. The zero-order valence-electron chi connectivity index (χ0n) is 10.7. The van der Waals surface area contributed by atoms with E-state index in [-0.39, 0.29) is 5.41 Å². The number of rotatable bonds is 1. The lowest BCUT2D eigenvalue weighted by molar-refractivity contribution is 0.560. The maximum atomic E-state index is 5.39. The van der Waals surface area contributed by atoms with Gasteiger partial charge in [0.25, 0.3) is 0 Å². The molecule has 1 heterocycles. The van der Waals surface area contributed by atoms with Crippen molar-refractivity contribution in [1.29, 1.82) is 0 Å². The topological polar surface area (TPSA) is 20.7 Å². The smallest absolute Gasteiger partial charge is 0.127 e. The van der Waals surface area contributed by atoms with Crippen LogP contribution in [-0.4, -0.2) is 9.78 Å². The maximum Gasteiger partial charge on any atom is 0.127 e. The van der Waals surface area contributed by atoms with E-state index in [0.29, 0.717) is 0 Å². The number of aromatic nitrogens is 2. The second kappa shape index (κ2) is 4.15. The minimum atomic E-state index is 0.0868. The second-order valence-electron chi connectivity index (χ2n) is 5.43. The fraction of sp³-hybridized carbons (Fsp3) is 0.357. The number of aromatic amines is 1. The van der Waals surface area contributed by atoms with Crippen LogP contribution in [-0.2, 0) is 5.41 Å². The molecule has 1 aromatic carbocycles. The number of nitrogens with zero attached hydrogens (tertiary/aromatic N) is 1. The van der Waals surface area contributed by atoms with E-state index in [1.807, 2.05) is 10.7 Å². The Morgan fingerprint density at radius 2 is 1.71 bits per heavy atom. The first-order valence-electron chi connectivity index (χ1n) is 5.77. The molecule has 2 aromatic rings. The van der Waals surface area contributed by atoms with Crippen LogP contribution in [0, 0.1) is 11.6 Å². The van der Waals surface area contributed by atoms with Gasteiger partial charge >= 0.3 is 0 Å². The first-order valence-corrected chi connectivity index (χ1v) is 6.18. The standard InChI is InChI=1S/C14H18N2S/c1-10-5-7-11(8-6-10)16-13(17)9-12(15-16)14(2,3)4/h5-9,15H,1-4H3. The summed E-state index contributed by atoms with van der Waals surface area (Å²) in [7, 11) is 0. The Morgan fingerprint density at radius 3 is 2.18 bits per heavy atom. The Balaban J connectivity index is 2.50. The third-order valence-corrected chi connectivity index (χ3v) is 3.12. The summed E-state index contributed by atoms with van der Waals surface area (Å²) in [5.41, 5.74) is 3.57. The highest BCUT2D eigenvalue weighted by Gasteiger charge is 2.16. The third kappa shape index (κ3) is 2.50. The monoisotopic (exact) mass is 246 g/mol. The van der Waals surface area contributed by atoms with E-state index in [9.17, 15) is 0 Å². The number of H-pyrrole nitrogens is 1. The van der Waals surface area contributed by atoms with Crippen molar-refractivity contribution in [3.05, 3.63) is 46.2 Å². The van der Waals surface area contributed by atoms with E-state index in [2.05, 4.69) is 57.1 Å². The van der Waals surface area contributed by atoms with Crippen LogP contribution in [0.2, 0.25) is 0 Å². The Labute approximate surface area is 107 Å². The van der Waals surface area contributed by atoms with E-state index >= 15 is 0 Å². The summed E-state index contributed by atoms with van der Waals surface area (Å²) in [6.07, 6.45) is 0. The lowest BCUT2D eigenvalue weighted by Crippen LogP contribution is -2.12. The van der Waals surface area contributed by atoms with Gasteiger partial charge in [0.05, 0.1) is 5.69 Å². The Hall–Kier alpha value is -1.35. The van der Waals surface area contributed by atoms with Gasteiger partial charge in [0.2, 0.25) is 0 Å². The average molecular weight is 246 g/mol. The SMILES string of the molecule is Cc1ccc(-n2[nH]c(C(C)(C)C)cc2=S)cc1. The van der Waals surface area contributed by atoms with Crippen LogP contribution in [0.25, 0.3) is 5.69 Å². The molecule has 0 aliphatic heterocycles. The average Bonchev–Trinajstić information content (AvgIpc) is 2.61. The van der Waals surface area contributed by atoms with Crippen molar-refractivity contribution in [1.82, 2.24) is 9.78 Å². The number of aryl methyl sites for hydroxylation is 1.